The number of aliphatic carboxylic acids is 1. The van der Waals surface area contributed by atoms with Crippen LogP contribution in [0.3, 0.4) is 0 Å². The summed E-state index contributed by atoms with van der Waals surface area (Å²) in [5, 5.41) is 94.5. The molecule has 0 radical (unpaired) electrons. The number of aliphatic hydroxyl groups excluding tert-OH is 1. The first-order chi connectivity index (χ1) is 36.2. The fourth-order valence-corrected chi connectivity index (χ4v) is 7.01. The van der Waals surface area contributed by atoms with Crippen LogP contribution in [0.5, 0.6) is 34.5 Å². The molecule has 0 aliphatic heterocycles. The van der Waals surface area contributed by atoms with E-state index in [1.165, 1.54) is 18.2 Å². The Labute approximate surface area is 434 Å². The number of carbonyl (C=O) groups excluding carboxylic acids is 8. The molecule has 0 saturated carbocycles. The number of hydrogen-bond acceptors (Lipinski definition) is 21. The van der Waals surface area contributed by atoms with E-state index < -0.39 is 161 Å². The van der Waals surface area contributed by atoms with E-state index in [9.17, 15) is 84.0 Å². The van der Waals surface area contributed by atoms with Crippen LogP contribution in [0.15, 0.2) is 54.6 Å². The average Bonchev–Trinajstić information content (AvgIpc) is 3.38. The van der Waals surface area contributed by atoms with Crippen molar-refractivity contribution in [3.8, 4) is 34.5 Å². The molecule has 0 saturated heterocycles. The predicted molar refractivity (Wildman–Crippen MR) is 264 cm³/mol. The summed E-state index contributed by atoms with van der Waals surface area (Å²) >= 11 is 0. The van der Waals surface area contributed by atoms with Gasteiger partial charge < -0.3 is 99.4 Å². The molecule has 28 nitrogen and oxygen atoms in total. The molecule has 3 aromatic rings. The van der Waals surface area contributed by atoms with Gasteiger partial charge in [0.15, 0.2) is 52.6 Å². The van der Waals surface area contributed by atoms with Crippen LogP contribution in [-0.2, 0) is 38.2 Å². The molecule has 0 bridgehead atoms. The lowest BCUT2D eigenvalue weighted by Crippen LogP contribution is -2.56. The molecule has 6 atom stereocenters. The second-order valence-electron chi connectivity index (χ2n) is 16.9. The van der Waals surface area contributed by atoms with Crippen LogP contribution in [0.2, 0.25) is 0 Å². The van der Waals surface area contributed by atoms with Gasteiger partial charge in [0, 0.05) is 0 Å². The summed E-state index contributed by atoms with van der Waals surface area (Å²) in [6.45, 7) is -2.99. The normalized spacial score (nSPS) is 13.3. The highest BCUT2D eigenvalue weighted by Crippen LogP contribution is 2.30. The monoisotopic (exact) mass is 1070 g/mol. The summed E-state index contributed by atoms with van der Waals surface area (Å²) in [4.78, 5) is 120. The van der Waals surface area contributed by atoms with E-state index in [-0.39, 0.29) is 58.2 Å². The van der Waals surface area contributed by atoms with E-state index in [1.807, 2.05) is 0 Å². The van der Waals surface area contributed by atoms with Crippen molar-refractivity contribution in [2.24, 2.45) is 17.2 Å². The second-order valence-corrected chi connectivity index (χ2v) is 16.9. The zero-order valence-electron chi connectivity index (χ0n) is 41.1. The number of hydrogen-bond donors (Lipinski definition) is 17. The molecule has 0 fully saturated rings. The first kappa shape index (κ1) is 61.8. The highest BCUT2D eigenvalue weighted by atomic mass is 16.6. The van der Waals surface area contributed by atoms with E-state index in [0.717, 1.165) is 36.4 Å². The smallest absolute Gasteiger partial charge is 0.332 e. The predicted octanol–water partition coefficient (Wildman–Crippen LogP) is -2.38. The Kier molecular flexibility index (Phi) is 25.5. The number of esters is 2. The van der Waals surface area contributed by atoms with Crippen LogP contribution < -0.4 is 49.1 Å². The lowest BCUT2D eigenvalue weighted by molar-refractivity contribution is -0.158. The van der Waals surface area contributed by atoms with E-state index in [2.05, 4.69) is 31.9 Å². The number of aromatic hydroxyl groups is 6. The number of amides is 6. The highest BCUT2D eigenvalue weighted by molar-refractivity contribution is 6.02. The quantitative estimate of drug-likeness (QED) is 0.0176. The van der Waals surface area contributed by atoms with Crippen LogP contribution >= 0.6 is 0 Å². The number of nitrogens with one attached hydrogen (secondary N) is 6. The summed E-state index contributed by atoms with van der Waals surface area (Å²) in [6, 6.07) is -0.164. The standard InChI is InChI=1S/C48H65N9O19/c49-19-4-1-13-28(52-40(65)25-10-7-16-34(59)37(25)62)43(68)55-31(22-58)47(73)76-24-33(57-45(70)30(15-3-6-21-51)54-42(67)27-12-9-18-36(61)39(27)64)48(74)75-23-32(46(71)72)56-44(69)29(14-2-5-20-50)53-41(66)26-11-8-17-35(60)38(26)63/h7-12,16-18,28-33,58-64H,1-6,13-15,19-24,49-51H2,(H,52,65)(H,53,66)(H,54,67)(H,55,68)(H,56,69)(H,57,70)(H,71,72)/t28-,29-,30-,31-,32-,33-/m0/s1. The van der Waals surface area contributed by atoms with E-state index in [4.69, 9.17) is 26.7 Å². The van der Waals surface area contributed by atoms with Gasteiger partial charge in [-0.1, -0.05) is 18.2 Å². The van der Waals surface area contributed by atoms with Gasteiger partial charge in [-0.25, -0.2) is 14.4 Å². The third kappa shape index (κ3) is 18.8. The van der Waals surface area contributed by atoms with Gasteiger partial charge in [0.05, 0.1) is 23.3 Å². The lowest BCUT2D eigenvalue weighted by atomic mass is 10.1. The molecule has 0 aromatic heterocycles. The zero-order chi connectivity index (χ0) is 56.5. The van der Waals surface area contributed by atoms with Gasteiger partial charge in [0.2, 0.25) is 17.7 Å². The number of carboxylic acid groups (broad SMARTS) is 1. The number of ether oxygens (including phenoxy) is 2. The largest absolute Gasteiger partial charge is 0.504 e. The number of carboxylic acids is 1. The Hall–Kier alpha value is -8.47. The van der Waals surface area contributed by atoms with Gasteiger partial charge in [-0.15, -0.1) is 0 Å². The average molecular weight is 1070 g/mol. The summed E-state index contributed by atoms with van der Waals surface area (Å²) in [5.74, 6) is -15.6. The van der Waals surface area contributed by atoms with Crippen molar-refractivity contribution in [3.05, 3.63) is 71.3 Å². The number of para-hydroxylation sites is 3. The molecular formula is C48H65N9O19. The van der Waals surface area contributed by atoms with Crippen molar-refractivity contribution in [2.75, 3.05) is 39.5 Å². The fourth-order valence-electron chi connectivity index (χ4n) is 7.01. The van der Waals surface area contributed by atoms with Crippen molar-refractivity contribution < 1.29 is 93.5 Å². The molecule has 3 rings (SSSR count). The molecule has 20 N–H and O–H groups in total. The number of carbonyl (C=O) groups is 9. The molecule has 6 amide bonds. The highest BCUT2D eigenvalue weighted by Gasteiger charge is 2.35. The van der Waals surface area contributed by atoms with Crippen molar-refractivity contribution in [2.45, 2.75) is 94.0 Å². The van der Waals surface area contributed by atoms with Crippen LogP contribution in [0.4, 0.5) is 0 Å². The van der Waals surface area contributed by atoms with E-state index >= 15 is 0 Å². The van der Waals surface area contributed by atoms with Crippen LogP contribution in [0, 0.1) is 0 Å². The Morgan fingerprint density at radius 3 is 1.04 bits per heavy atom. The summed E-state index contributed by atoms with van der Waals surface area (Å²) in [6.07, 6.45) is 1.37. The minimum atomic E-state index is -2.10. The molecule has 76 heavy (non-hydrogen) atoms. The molecule has 416 valence electrons. The van der Waals surface area contributed by atoms with Gasteiger partial charge in [-0.05, 0) is 114 Å². The van der Waals surface area contributed by atoms with Crippen molar-refractivity contribution in [1.82, 2.24) is 31.9 Å². The Bertz CT molecular complexity index is 2510. The van der Waals surface area contributed by atoms with Crippen molar-refractivity contribution >= 4 is 53.4 Å². The molecule has 0 unspecified atom stereocenters. The number of nitrogens with two attached hydrogens (primary N) is 3. The van der Waals surface area contributed by atoms with Crippen LogP contribution in [0.25, 0.3) is 0 Å². The molecular weight excluding hydrogens is 1010 g/mol. The molecule has 0 heterocycles. The van der Waals surface area contributed by atoms with E-state index in [0.29, 0.717) is 19.3 Å². The zero-order valence-corrected chi connectivity index (χ0v) is 41.1. The van der Waals surface area contributed by atoms with Gasteiger partial charge in [0.25, 0.3) is 17.7 Å². The maximum atomic E-state index is 14.0. The van der Waals surface area contributed by atoms with Crippen molar-refractivity contribution in [3.63, 3.8) is 0 Å². The fraction of sp³-hybridized carbons (Fsp3) is 0.438. The third-order valence-corrected chi connectivity index (χ3v) is 11.3. The van der Waals surface area contributed by atoms with Gasteiger partial charge >= 0.3 is 17.9 Å². The number of benzene rings is 3. The number of unbranched alkanes of at least 4 members (excludes halogenated alkanes) is 3. The third-order valence-electron chi connectivity index (χ3n) is 11.3. The van der Waals surface area contributed by atoms with Gasteiger partial charge in [-0.2, -0.15) is 0 Å². The summed E-state index contributed by atoms with van der Waals surface area (Å²) in [7, 11) is 0. The first-order valence-electron chi connectivity index (χ1n) is 23.8. The molecule has 0 spiro atoms. The molecule has 0 aliphatic carbocycles. The molecule has 28 heteroatoms. The van der Waals surface area contributed by atoms with E-state index in [1.54, 1.807) is 0 Å². The lowest BCUT2D eigenvalue weighted by Gasteiger charge is -2.25. The first-order valence-corrected chi connectivity index (χ1v) is 23.8. The van der Waals surface area contributed by atoms with Crippen molar-refractivity contribution in [1.29, 1.82) is 0 Å². The Morgan fingerprint density at radius 2 is 0.724 bits per heavy atom. The Balaban J connectivity index is 1.91. The number of rotatable bonds is 32. The minimum Gasteiger partial charge on any atom is -0.504 e. The topological polar surface area (TPSA) is 484 Å². The SMILES string of the molecule is NCCCC[C@H](NC(=O)c1cccc(O)c1O)C(=O)N[C@@H](COC(=O)[C@H](COC(=O)[C@H](CO)NC(=O)[C@H](CCCCN)NC(=O)c1cccc(O)c1O)NC(=O)[C@H](CCCCN)NC(=O)c1cccc(O)c1O)C(=O)O. The van der Waals surface area contributed by atoms with Gasteiger partial charge in [0.1, 0.15) is 31.3 Å². The Morgan fingerprint density at radius 1 is 0.421 bits per heavy atom. The maximum absolute atomic E-state index is 14.0. The second kappa shape index (κ2) is 31.3. The summed E-state index contributed by atoms with van der Waals surface area (Å²) in [5.41, 5.74) is 15.5. The molecule has 0 aliphatic rings. The minimum absolute atomic E-state index is 0.0828. The van der Waals surface area contributed by atoms with Gasteiger partial charge in [-0.3, -0.25) is 28.8 Å². The van der Waals surface area contributed by atoms with Crippen LogP contribution in [0.1, 0.15) is 88.9 Å². The van der Waals surface area contributed by atoms with Crippen LogP contribution in [-0.4, -0.2) is 170 Å². The number of phenols is 6. The summed E-state index contributed by atoms with van der Waals surface area (Å²) < 4.78 is 10.5. The number of aliphatic hydroxyl groups is 1. The molecule has 3 aromatic carbocycles. The maximum Gasteiger partial charge on any atom is 0.332 e. The number of phenolic OH excluding ortho intramolecular Hbond substituents is 6.